The molecule has 0 radical (unpaired) electrons. The Morgan fingerprint density at radius 1 is 1.27 bits per heavy atom. The Bertz CT molecular complexity index is 1040. The number of aromatic nitrogens is 5. The van der Waals surface area contributed by atoms with E-state index < -0.39 is 17.4 Å². The first kappa shape index (κ1) is 20.2. The van der Waals surface area contributed by atoms with Crippen molar-refractivity contribution in [3.05, 3.63) is 47.1 Å². The van der Waals surface area contributed by atoms with Crippen LogP contribution in [0.5, 0.6) is 0 Å². The van der Waals surface area contributed by atoms with Gasteiger partial charge in [-0.1, -0.05) is 0 Å². The Labute approximate surface area is 175 Å². The molecule has 8 nitrogen and oxygen atoms in total. The first-order valence-electron chi connectivity index (χ1n) is 9.33. The number of amides is 1. The van der Waals surface area contributed by atoms with Crippen LogP contribution < -0.4 is 10.6 Å². The fraction of sp³-hybridized carbons (Fsp3) is 0.368. The summed E-state index contributed by atoms with van der Waals surface area (Å²) in [6.45, 7) is 2.10. The molecule has 1 amide bonds. The van der Waals surface area contributed by atoms with Gasteiger partial charge < -0.3 is 10.6 Å². The van der Waals surface area contributed by atoms with Gasteiger partial charge in [0.1, 0.15) is 22.7 Å². The zero-order valence-electron chi connectivity index (χ0n) is 16.1. The number of carbonyl (C=O) groups excluding carboxylic acids is 1. The number of nitrogens with zero attached hydrogens (tertiary/aromatic N) is 5. The van der Waals surface area contributed by atoms with Gasteiger partial charge in [-0.05, 0) is 25.0 Å². The summed E-state index contributed by atoms with van der Waals surface area (Å²) >= 11 is 1.38. The highest BCUT2D eigenvalue weighted by Crippen LogP contribution is 2.45. The molecule has 0 atom stereocenters. The molecule has 4 rings (SSSR count). The average Bonchev–Trinajstić information content (AvgIpc) is 3.19. The predicted molar refractivity (Wildman–Crippen MR) is 107 cm³/mol. The van der Waals surface area contributed by atoms with E-state index in [0.29, 0.717) is 17.2 Å². The molecule has 0 unspecified atom stereocenters. The molecule has 11 heteroatoms. The van der Waals surface area contributed by atoms with E-state index in [9.17, 15) is 13.6 Å². The highest BCUT2D eigenvalue weighted by atomic mass is 32.1. The minimum Gasteiger partial charge on any atom is -0.352 e. The van der Waals surface area contributed by atoms with Gasteiger partial charge in [0.25, 0.3) is 0 Å². The van der Waals surface area contributed by atoms with E-state index in [0.717, 1.165) is 4.88 Å². The largest absolute Gasteiger partial charge is 0.352 e. The highest BCUT2D eigenvalue weighted by molar-refractivity contribution is 7.14. The summed E-state index contributed by atoms with van der Waals surface area (Å²) in [6.07, 6.45) is 4.10. The molecule has 0 aromatic carbocycles. The lowest BCUT2D eigenvalue weighted by Gasteiger charge is -2.43. The summed E-state index contributed by atoms with van der Waals surface area (Å²) in [6, 6.07) is 2.84. The van der Waals surface area contributed by atoms with Crippen molar-refractivity contribution in [2.24, 2.45) is 0 Å². The molecule has 1 aliphatic rings. The number of thiazole rings is 1. The topological polar surface area (TPSA) is 106 Å². The third-order valence-electron chi connectivity index (χ3n) is 4.92. The zero-order chi connectivity index (χ0) is 21.1. The van der Waals surface area contributed by atoms with E-state index in [1.54, 1.807) is 6.20 Å². The van der Waals surface area contributed by atoms with Gasteiger partial charge in [-0.2, -0.15) is 0 Å². The Hall–Kier alpha value is -3.08. The number of hydrogen-bond donors (Lipinski definition) is 2. The van der Waals surface area contributed by atoms with Crippen molar-refractivity contribution in [3.63, 3.8) is 0 Å². The molecule has 1 saturated carbocycles. The normalized spacial score (nSPS) is 20.4. The molecule has 0 saturated heterocycles. The molecule has 1 aliphatic carbocycles. The van der Waals surface area contributed by atoms with Gasteiger partial charge in [0, 0.05) is 36.2 Å². The average molecular weight is 431 g/mol. The van der Waals surface area contributed by atoms with Crippen molar-refractivity contribution in [1.82, 2.24) is 30.5 Å². The van der Waals surface area contributed by atoms with Crippen molar-refractivity contribution in [3.8, 4) is 10.7 Å². The van der Waals surface area contributed by atoms with Crippen LogP contribution in [0.15, 0.2) is 30.7 Å². The van der Waals surface area contributed by atoms with E-state index >= 15 is 0 Å². The van der Waals surface area contributed by atoms with Crippen LogP contribution in [0.1, 0.15) is 30.3 Å². The minimum absolute atomic E-state index is 0.115. The Morgan fingerprint density at radius 2 is 2.10 bits per heavy atom. The number of rotatable bonds is 7. The first-order chi connectivity index (χ1) is 14.4. The lowest BCUT2D eigenvalue weighted by molar-refractivity contribution is -0.119. The molecular weight excluding hydrogens is 412 g/mol. The maximum absolute atomic E-state index is 14.2. The van der Waals surface area contributed by atoms with Crippen LogP contribution >= 0.6 is 11.3 Å². The van der Waals surface area contributed by atoms with Gasteiger partial charge in [0.15, 0.2) is 0 Å². The monoisotopic (exact) mass is 431 g/mol. The van der Waals surface area contributed by atoms with E-state index in [-0.39, 0.29) is 36.9 Å². The quantitative estimate of drug-likeness (QED) is 0.592. The number of pyridine rings is 1. The Morgan fingerprint density at radius 3 is 2.77 bits per heavy atom. The van der Waals surface area contributed by atoms with Crippen LogP contribution in [-0.2, 0) is 16.8 Å². The van der Waals surface area contributed by atoms with Gasteiger partial charge in [-0.25, -0.2) is 18.7 Å². The van der Waals surface area contributed by atoms with Crippen LogP contribution in [0.4, 0.5) is 14.7 Å². The molecule has 0 aliphatic heterocycles. The van der Waals surface area contributed by atoms with Gasteiger partial charge >= 0.3 is 0 Å². The van der Waals surface area contributed by atoms with Crippen LogP contribution in [0.2, 0.25) is 0 Å². The van der Waals surface area contributed by atoms with E-state index in [4.69, 9.17) is 0 Å². The number of hydrogen-bond acceptors (Lipinski definition) is 8. The van der Waals surface area contributed by atoms with Crippen molar-refractivity contribution < 1.29 is 13.6 Å². The lowest BCUT2D eigenvalue weighted by Crippen LogP contribution is -2.49. The van der Waals surface area contributed by atoms with Gasteiger partial charge in [0.05, 0.1) is 18.4 Å². The summed E-state index contributed by atoms with van der Waals surface area (Å²) in [4.78, 5) is 24.5. The van der Waals surface area contributed by atoms with Gasteiger partial charge in [0.2, 0.25) is 11.9 Å². The van der Waals surface area contributed by atoms with Crippen LogP contribution in [-0.4, -0.2) is 43.8 Å². The Balaban J connectivity index is 1.42. The smallest absolute Gasteiger partial charge is 0.242 e. The van der Waals surface area contributed by atoms with E-state index in [2.05, 4.69) is 35.8 Å². The van der Waals surface area contributed by atoms with E-state index in [1.165, 1.54) is 42.8 Å². The first-order valence-corrected chi connectivity index (χ1v) is 10.1. The molecule has 30 heavy (non-hydrogen) atoms. The molecule has 3 aromatic heterocycles. The van der Waals surface area contributed by atoms with Crippen LogP contribution in [0, 0.1) is 5.82 Å². The standard InChI is InChI=1S/C19H19F2N7OS/c1-11(29)23-7-13-8-24-17(30-13)15-9-25-18(28-27-15)26-10-19(5-12(20)6-19)16-14(21)3-2-4-22-16/h2-4,8-9,12H,5-7,10H2,1H3,(H,23,29)(H,25,26,28)/t12-,19-. The molecular formula is C19H19F2N7OS. The number of halogens is 2. The fourth-order valence-corrected chi connectivity index (χ4v) is 4.21. The van der Waals surface area contributed by atoms with Crippen LogP contribution in [0.3, 0.4) is 0 Å². The van der Waals surface area contributed by atoms with Crippen LogP contribution in [0.25, 0.3) is 10.7 Å². The van der Waals surface area contributed by atoms with Gasteiger partial charge in [-0.15, -0.1) is 21.5 Å². The maximum atomic E-state index is 14.2. The van der Waals surface area contributed by atoms with Crippen molar-refractivity contribution in [1.29, 1.82) is 0 Å². The number of carbonyl (C=O) groups is 1. The lowest BCUT2D eigenvalue weighted by atomic mass is 9.65. The van der Waals surface area contributed by atoms with E-state index in [1.807, 2.05) is 0 Å². The molecule has 156 valence electrons. The second kappa shape index (κ2) is 8.34. The summed E-state index contributed by atoms with van der Waals surface area (Å²) < 4.78 is 27.9. The van der Waals surface area contributed by atoms with Crippen molar-refractivity contribution >= 4 is 23.2 Å². The number of nitrogens with one attached hydrogen (secondary N) is 2. The summed E-state index contributed by atoms with van der Waals surface area (Å²) in [5, 5.41) is 14.6. The Kier molecular flexibility index (Phi) is 5.62. The highest BCUT2D eigenvalue weighted by Gasteiger charge is 2.48. The predicted octanol–water partition coefficient (Wildman–Crippen LogP) is 2.65. The third kappa shape index (κ3) is 4.25. The summed E-state index contributed by atoms with van der Waals surface area (Å²) in [5.41, 5.74) is 0.0174. The minimum atomic E-state index is -0.980. The SMILES string of the molecule is CC(=O)NCc1cnc(-c2cnc(NC[C@]3(c4ncccc4F)C[C@H](F)C3)nn2)s1. The molecule has 1 fully saturated rings. The third-order valence-corrected chi connectivity index (χ3v) is 5.94. The molecule has 0 spiro atoms. The second-order valence-electron chi connectivity index (χ2n) is 7.18. The zero-order valence-corrected chi connectivity index (χ0v) is 16.9. The molecule has 2 N–H and O–H groups in total. The van der Waals surface area contributed by atoms with Crippen molar-refractivity contribution in [2.45, 2.75) is 37.9 Å². The molecule has 3 aromatic rings. The summed E-state index contributed by atoms with van der Waals surface area (Å²) in [5.74, 6) is -0.304. The van der Waals surface area contributed by atoms with Crippen molar-refractivity contribution in [2.75, 3.05) is 11.9 Å². The number of anilines is 1. The fourth-order valence-electron chi connectivity index (χ4n) is 3.41. The second-order valence-corrected chi connectivity index (χ2v) is 8.30. The maximum Gasteiger partial charge on any atom is 0.242 e. The number of alkyl halides is 1. The molecule has 0 bridgehead atoms. The molecule has 3 heterocycles. The summed E-state index contributed by atoms with van der Waals surface area (Å²) in [7, 11) is 0. The van der Waals surface area contributed by atoms with Gasteiger partial charge in [-0.3, -0.25) is 9.78 Å².